The fourth-order valence-electron chi connectivity index (χ4n) is 2.99. The Morgan fingerprint density at radius 2 is 1.68 bits per heavy atom. The first-order chi connectivity index (χ1) is 13.5. The van der Waals surface area contributed by atoms with Crippen molar-refractivity contribution in [2.45, 2.75) is 18.9 Å². The van der Waals surface area contributed by atoms with E-state index in [2.05, 4.69) is 15.6 Å². The molecule has 2 aromatic carbocycles. The third-order valence-electron chi connectivity index (χ3n) is 4.39. The van der Waals surface area contributed by atoms with Gasteiger partial charge in [0.15, 0.2) is 0 Å². The second-order valence-electron chi connectivity index (χ2n) is 6.46. The van der Waals surface area contributed by atoms with Gasteiger partial charge in [-0.25, -0.2) is 4.79 Å². The first kappa shape index (κ1) is 19.2. The molecule has 1 atom stereocenters. The lowest BCUT2D eigenvalue weighted by molar-refractivity contribution is -0.141. The van der Waals surface area contributed by atoms with Crippen LogP contribution in [-0.2, 0) is 27.2 Å². The number of benzene rings is 2. The van der Waals surface area contributed by atoms with E-state index in [9.17, 15) is 19.5 Å². The number of aliphatic carboxylic acids is 1. The van der Waals surface area contributed by atoms with Crippen molar-refractivity contribution in [1.82, 2.24) is 15.6 Å². The van der Waals surface area contributed by atoms with E-state index < -0.39 is 17.9 Å². The predicted octanol–water partition coefficient (Wildman–Crippen LogP) is 1.64. The fraction of sp³-hybridized carbons (Fsp3) is 0.190. The van der Waals surface area contributed by atoms with Gasteiger partial charge in [0.25, 0.3) is 0 Å². The van der Waals surface area contributed by atoms with E-state index in [0.29, 0.717) is 0 Å². The van der Waals surface area contributed by atoms with Crippen molar-refractivity contribution < 1.29 is 19.5 Å². The van der Waals surface area contributed by atoms with Crippen LogP contribution >= 0.6 is 0 Å². The van der Waals surface area contributed by atoms with Gasteiger partial charge in [-0.3, -0.25) is 9.59 Å². The molecule has 0 bridgehead atoms. The summed E-state index contributed by atoms with van der Waals surface area (Å²) in [5, 5.41) is 15.4. The predicted molar refractivity (Wildman–Crippen MR) is 105 cm³/mol. The zero-order valence-electron chi connectivity index (χ0n) is 15.1. The Bertz CT molecular complexity index is 981. The van der Waals surface area contributed by atoms with Crippen molar-refractivity contribution in [3.05, 3.63) is 71.9 Å². The second kappa shape index (κ2) is 8.85. The third kappa shape index (κ3) is 4.97. The highest BCUT2D eigenvalue weighted by Crippen LogP contribution is 2.19. The van der Waals surface area contributed by atoms with Crippen molar-refractivity contribution in [2.24, 2.45) is 0 Å². The van der Waals surface area contributed by atoms with Gasteiger partial charge in [0, 0.05) is 23.5 Å². The molecule has 4 N–H and O–H groups in total. The smallest absolute Gasteiger partial charge is 0.326 e. The van der Waals surface area contributed by atoms with Gasteiger partial charge in [0.05, 0.1) is 13.0 Å². The van der Waals surface area contributed by atoms with E-state index in [-0.39, 0.29) is 25.3 Å². The maximum atomic E-state index is 12.1. The Hall–Kier alpha value is -3.61. The summed E-state index contributed by atoms with van der Waals surface area (Å²) < 4.78 is 0. The molecule has 7 heteroatoms. The molecule has 0 aliphatic rings. The van der Waals surface area contributed by atoms with Crippen LogP contribution in [0.2, 0.25) is 0 Å². The molecule has 2 amide bonds. The van der Waals surface area contributed by atoms with Crippen LogP contribution in [0.25, 0.3) is 10.9 Å². The van der Waals surface area contributed by atoms with Crippen molar-refractivity contribution in [3.8, 4) is 0 Å². The number of carbonyl (C=O) groups is 3. The number of carboxylic acid groups (broad SMARTS) is 1. The number of para-hydroxylation sites is 1. The quantitative estimate of drug-likeness (QED) is 0.477. The van der Waals surface area contributed by atoms with Crippen molar-refractivity contribution in [3.63, 3.8) is 0 Å². The number of carboxylic acids is 1. The number of rotatable bonds is 8. The Morgan fingerprint density at radius 3 is 2.43 bits per heavy atom. The molecule has 0 saturated carbocycles. The molecule has 1 aromatic heterocycles. The normalized spacial score (nSPS) is 11.7. The zero-order chi connectivity index (χ0) is 19.9. The minimum atomic E-state index is -1.13. The molecule has 1 heterocycles. The highest BCUT2D eigenvalue weighted by atomic mass is 16.4. The van der Waals surface area contributed by atoms with Gasteiger partial charge < -0.3 is 20.7 Å². The van der Waals surface area contributed by atoms with Crippen LogP contribution < -0.4 is 10.6 Å². The van der Waals surface area contributed by atoms with Crippen molar-refractivity contribution in [1.29, 1.82) is 0 Å². The number of hydrogen-bond donors (Lipinski definition) is 4. The molecule has 28 heavy (non-hydrogen) atoms. The summed E-state index contributed by atoms with van der Waals surface area (Å²) in [4.78, 5) is 38.7. The van der Waals surface area contributed by atoms with E-state index in [4.69, 9.17) is 0 Å². The number of aromatic nitrogens is 1. The molecule has 0 radical (unpaired) electrons. The Morgan fingerprint density at radius 1 is 0.964 bits per heavy atom. The van der Waals surface area contributed by atoms with Gasteiger partial charge in [0.2, 0.25) is 11.8 Å². The summed E-state index contributed by atoms with van der Waals surface area (Å²) in [5.41, 5.74) is 2.54. The molecule has 0 saturated heterocycles. The monoisotopic (exact) mass is 379 g/mol. The molecule has 3 aromatic rings. The van der Waals surface area contributed by atoms with Crippen LogP contribution in [0.5, 0.6) is 0 Å². The first-order valence-electron chi connectivity index (χ1n) is 8.90. The number of aromatic amines is 1. The highest BCUT2D eigenvalue weighted by molar-refractivity contribution is 5.89. The number of fused-ring (bicyclic) bond motifs is 1. The Balaban J connectivity index is 1.54. The topological polar surface area (TPSA) is 111 Å². The lowest BCUT2D eigenvalue weighted by atomic mass is 10.0. The SMILES string of the molecule is O=C(Cc1ccccc1)NCC(=O)N[C@@H](Cc1c[nH]c2ccccc12)C(=O)O. The fourth-order valence-corrected chi connectivity index (χ4v) is 2.99. The van der Waals surface area contributed by atoms with E-state index in [0.717, 1.165) is 22.0 Å². The molecular weight excluding hydrogens is 358 g/mol. The minimum absolute atomic E-state index is 0.142. The summed E-state index contributed by atoms with van der Waals surface area (Å²) in [6.45, 7) is -0.274. The van der Waals surface area contributed by atoms with Gasteiger partial charge in [0.1, 0.15) is 6.04 Å². The highest BCUT2D eigenvalue weighted by Gasteiger charge is 2.22. The molecule has 0 unspecified atom stereocenters. The standard InChI is InChI=1S/C21H21N3O4/c25-19(10-14-6-2-1-3-7-14)23-13-20(26)24-18(21(27)28)11-15-12-22-17-9-5-4-8-16(15)17/h1-9,12,18,22H,10-11,13H2,(H,23,25)(H,24,26)(H,27,28)/t18-/m0/s1. The summed E-state index contributed by atoms with van der Waals surface area (Å²) in [7, 11) is 0. The lowest BCUT2D eigenvalue weighted by Gasteiger charge is -2.14. The van der Waals surface area contributed by atoms with Crippen LogP contribution in [0.15, 0.2) is 60.8 Å². The molecule has 0 fully saturated rings. The minimum Gasteiger partial charge on any atom is -0.480 e. The Kier molecular flexibility index (Phi) is 6.06. The van der Waals surface area contributed by atoms with Crippen LogP contribution in [0.1, 0.15) is 11.1 Å². The second-order valence-corrected chi connectivity index (χ2v) is 6.46. The maximum Gasteiger partial charge on any atom is 0.326 e. The maximum absolute atomic E-state index is 12.1. The van der Waals surface area contributed by atoms with E-state index in [1.54, 1.807) is 6.20 Å². The number of hydrogen-bond acceptors (Lipinski definition) is 3. The summed E-state index contributed by atoms with van der Waals surface area (Å²) in [6, 6.07) is 15.6. The number of amides is 2. The van der Waals surface area contributed by atoms with Crippen LogP contribution in [0, 0.1) is 0 Å². The van der Waals surface area contributed by atoms with Gasteiger partial charge in [-0.2, -0.15) is 0 Å². The summed E-state index contributed by atoms with van der Waals surface area (Å²) in [6.07, 6.45) is 2.04. The zero-order valence-corrected chi connectivity index (χ0v) is 15.1. The van der Waals surface area contributed by atoms with Crippen molar-refractivity contribution >= 4 is 28.7 Å². The summed E-state index contributed by atoms with van der Waals surface area (Å²) in [5.74, 6) is -1.98. The average Bonchev–Trinajstić information content (AvgIpc) is 3.09. The van der Waals surface area contributed by atoms with Gasteiger partial charge >= 0.3 is 5.97 Å². The number of H-pyrrole nitrogens is 1. The van der Waals surface area contributed by atoms with E-state index in [1.807, 2.05) is 54.6 Å². The van der Waals surface area contributed by atoms with Crippen molar-refractivity contribution in [2.75, 3.05) is 6.54 Å². The summed E-state index contributed by atoms with van der Waals surface area (Å²) >= 11 is 0. The van der Waals surface area contributed by atoms with Crippen LogP contribution in [-0.4, -0.2) is 40.5 Å². The molecule has 0 aliphatic heterocycles. The molecule has 3 rings (SSSR count). The van der Waals surface area contributed by atoms with E-state index >= 15 is 0 Å². The third-order valence-corrected chi connectivity index (χ3v) is 4.39. The molecular formula is C21H21N3O4. The molecule has 0 aliphatic carbocycles. The van der Waals surface area contributed by atoms with Gasteiger partial charge in [-0.1, -0.05) is 48.5 Å². The molecule has 144 valence electrons. The first-order valence-corrected chi connectivity index (χ1v) is 8.90. The molecule has 7 nitrogen and oxygen atoms in total. The van der Waals surface area contributed by atoms with E-state index in [1.165, 1.54) is 0 Å². The average molecular weight is 379 g/mol. The number of nitrogens with one attached hydrogen (secondary N) is 3. The molecule has 0 spiro atoms. The number of carbonyl (C=O) groups excluding carboxylic acids is 2. The van der Waals surface area contributed by atoms with Gasteiger partial charge in [-0.15, -0.1) is 0 Å². The van der Waals surface area contributed by atoms with Gasteiger partial charge in [-0.05, 0) is 17.2 Å². The largest absolute Gasteiger partial charge is 0.480 e. The Labute approximate surface area is 161 Å². The van der Waals surface area contributed by atoms with Crippen LogP contribution in [0.4, 0.5) is 0 Å². The lowest BCUT2D eigenvalue weighted by Crippen LogP contribution is -2.46. The van der Waals surface area contributed by atoms with Crippen LogP contribution in [0.3, 0.4) is 0 Å².